The van der Waals surface area contributed by atoms with Crippen LogP contribution in [0.2, 0.25) is 0 Å². The third-order valence-electron chi connectivity index (χ3n) is 6.32. The van der Waals surface area contributed by atoms with E-state index < -0.39 is 11.3 Å². The molecule has 0 radical (unpaired) electrons. The summed E-state index contributed by atoms with van der Waals surface area (Å²) >= 11 is 0. The molecule has 1 aliphatic carbocycles. The van der Waals surface area contributed by atoms with Crippen molar-refractivity contribution < 1.29 is 0 Å². The van der Waals surface area contributed by atoms with Crippen molar-refractivity contribution in [1.82, 2.24) is 4.90 Å². The normalized spacial score (nSPS) is 24.0. The van der Waals surface area contributed by atoms with E-state index in [-0.39, 0.29) is 17.0 Å². The molecule has 1 aromatic carbocycles. The zero-order chi connectivity index (χ0) is 21.4. The van der Waals surface area contributed by atoms with Gasteiger partial charge in [-0.3, -0.25) is 4.90 Å². The molecule has 1 aliphatic heterocycles. The summed E-state index contributed by atoms with van der Waals surface area (Å²) in [5.41, 5.74) is 8.16. The van der Waals surface area contributed by atoms with Crippen LogP contribution in [0, 0.1) is 45.3 Å². The molecule has 0 saturated heterocycles. The Morgan fingerprint density at radius 1 is 1.14 bits per heavy atom. The predicted octanol–water partition coefficient (Wildman–Crippen LogP) is 3.73. The van der Waals surface area contributed by atoms with Crippen molar-refractivity contribution in [2.45, 2.75) is 39.0 Å². The topological polar surface area (TPSA) is 101 Å². The molecule has 0 unspecified atom stereocenters. The molecule has 2 N–H and O–H groups in total. The molecule has 1 heterocycles. The fourth-order valence-electron chi connectivity index (χ4n) is 4.56. The first kappa shape index (κ1) is 20.7. The second kappa shape index (κ2) is 7.40. The molecule has 0 amide bonds. The van der Waals surface area contributed by atoms with Crippen LogP contribution in [0.15, 0.2) is 47.2 Å². The van der Waals surface area contributed by atoms with Gasteiger partial charge in [0.1, 0.15) is 6.07 Å². The molecular weight excluding hydrogens is 358 g/mol. The summed E-state index contributed by atoms with van der Waals surface area (Å²) in [4.78, 5) is 2.26. The van der Waals surface area contributed by atoms with E-state index in [1.807, 2.05) is 18.2 Å². The number of hydrogen-bond donors (Lipinski definition) is 1. The molecule has 3 rings (SSSR count). The first-order valence-electron chi connectivity index (χ1n) is 9.99. The Balaban J connectivity index is 2.25. The summed E-state index contributed by atoms with van der Waals surface area (Å²) in [7, 11) is 0. The minimum absolute atomic E-state index is 0.00839. The molecule has 0 bridgehead atoms. The van der Waals surface area contributed by atoms with E-state index in [1.165, 1.54) is 5.56 Å². The van der Waals surface area contributed by atoms with Crippen molar-refractivity contribution in [2.24, 2.45) is 17.1 Å². The molecular formula is C24H27N5. The van der Waals surface area contributed by atoms with Gasteiger partial charge in [0.15, 0.2) is 5.41 Å². The molecule has 29 heavy (non-hydrogen) atoms. The Bertz CT molecular complexity index is 972. The Hall–Kier alpha value is -3.07. The largest absolute Gasteiger partial charge is 0.399 e. The Labute approximate surface area is 173 Å². The first-order valence-corrected chi connectivity index (χ1v) is 9.99. The van der Waals surface area contributed by atoms with Gasteiger partial charge in [0.25, 0.3) is 0 Å². The van der Waals surface area contributed by atoms with E-state index >= 15 is 0 Å². The number of nitrogens with zero attached hydrogens (tertiary/aromatic N) is 4. The number of likely N-dealkylation sites (N-methyl/N-ethyl adjacent to an activating group) is 1. The smallest absolute Gasteiger partial charge is 0.191 e. The molecule has 0 saturated carbocycles. The summed E-state index contributed by atoms with van der Waals surface area (Å²) in [5, 5.41) is 30.0. The second-order valence-corrected chi connectivity index (χ2v) is 8.90. The highest BCUT2D eigenvalue weighted by atomic mass is 15.1. The Kier molecular flexibility index (Phi) is 5.27. The molecule has 0 aromatic heterocycles. The van der Waals surface area contributed by atoms with Crippen LogP contribution in [0.3, 0.4) is 0 Å². The molecule has 0 spiro atoms. The zero-order valence-electron chi connectivity index (χ0n) is 17.5. The summed E-state index contributed by atoms with van der Waals surface area (Å²) < 4.78 is 0. The zero-order valence-corrected chi connectivity index (χ0v) is 17.5. The number of benzene rings is 1. The van der Waals surface area contributed by atoms with Gasteiger partial charge in [-0.25, -0.2) is 0 Å². The van der Waals surface area contributed by atoms with Gasteiger partial charge in [0.2, 0.25) is 0 Å². The van der Waals surface area contributed by atoms with E-state index in [0.717, 1.165) is 24.2 Å². The van der Waals surface area contributed by atoms with Crippen LogP contribution in [-0.4, -0.2) is 24.5 Å². The van der Waals surface area contributed by atoms with Crippen molar-refractivity contribution >= 4 is 0 Å². The highest BCUT2D eigenvalue weighted by Gasteiger charge is 2.54. The lowest BCUT2D eigenvalue weighted by Crippen LogP contribution is -2.48. The highest BCUT2D eigenvalue weighted by Crippen LogP contribution is 2.54. The average Bonchev–Trinajstić information content (AvgIpc) is 2.72. The van der Waals surface area contributed by atoms with Gasteiger partial charge in [-0.15, -0.1) is 0 Å². The van der Waals surface area contributed by atoms with Gasteiger partial charge < -0.3 is 5.73 Å². The van der Waals surface area contributed by atoms with Crippen molar-refractivity contribution in [3.63, 3.8) is 0 Å². The fourth-order valence-corrected chi connectivity index (χ4v) is 4.56. The number of nitriles is 3. The molecule has 1 aromatic rings. The van der Waals surface area contributed by atoms with Crippen molar-refractivity contribution in [2.75, 3.05) is 19.6 Å². The van der Waals surface area contributed by atoms with Crippen LogP contribution in [0.25, 0.3) is 0 Å². The lowest BCUT2D eigenvalue weighted by atomic mass is 9.58. The molecule has 0 fully saturated rings. The molecule has 2 atom stereocenters. The van der Waals surface area contributed by atoms with E-state index in [1.54, 1.807) is 0 Å². The van der Waals surface area contributed by atoms with Crippen molar-refractivity contribution in [3.05, 3.63) is 58.3 Å². The number of rotatable bonds is 2. The predicted molar refractivity (Wildman–Crippen MR) is 112 cm³/mol. The van der Waals surface area contributed by atoms with Crippen LogP contribution in [0.4, 0.5) is 0 Å². The monoisotopic (exact) mass is 385 g/mol. The second-order valence-electron chi connectivity index (χ2n) is 8.90. The number of fused-ring (bicyclic) bond motifs is 1. The van der Waals surface area contributed by atoms with Crippen LogP contribution in [-0.2, 0) is 5.41 Å². The van der Waals surface area contributed by atoms with Crippen molar-refractivity contribution in [3.8, 4) is 18.2 Å². The minimum Gasteiger partial charge on any atom is -0.399 e. The number of allylic oxidation sites excluding steroid dienone is 2. The Morgan fingerprint density at radius 2 is 1.76 bits per heavy atom. The van der Waals surface area contributed by atoms with Crippen LogP contribution in [0.1, 0.15) is 44.7 Å². The maximum Gasteiger partial charge on any atom is 0.191 e. The summed E-state index contributed by atoms with van der Waals surface area (Å²) in [6, 6.07) is 14.7. The van der Waals surface area contributed by atoms with Crippen LogP contribution in [0.5, 0.6) is 0 Å². The van der Waals surface area contributed by atoms with E-state index in [2.05, 4.69) is 62.9 Å². The Morgan fingerprint density at radius 3 is 2.24 bits per heavy atom. The average molecular weight is 386 g/mol. The molecule has 5 nitrogen and oxygen atoms in total. The molecule has 148 valence electrons. The van der Waals surface area contributed by atoms with E-state index in [0.29, 0.717) is 12.1 Å². The third-order valence-corrected chi connectivity index (χ3v) is 6.32. The molecule has 2 aliphatic rings. The number of nitrogens with two attached hydrogens (primary N) is 1. The minimum atomic E-state index is -1.56. The summed E-state index contributed by atoms with van der Waals surface area (Å²) in [5.74, 6) is -0.561. The lowest BCUT2D eigenvalue weighted by molar-refractivity contribution is 0.214. The highest BCUT2D eigenvalue weighted by molar-refractivity contribution is 5.59. The van der Waals surface area contributed by atoms with Gasteiger partial charge in [-0.05, 0) is 28.7 Å². The van der Waals surface area contributed by atoms with Gasteiger partial charge >= 0.3 is 0 Å². The summed E-state index contributed by atoms with van der Waals surface area (Å²) in [6.45, 7) is 10.8. The SMILES string of the molecule is CCN1CC=C2C(C#N)=C(N)C(C#N)(C#N)[C@H](c3ccc(C(C)(C)C)cc3)[C@H]2C1. The van der Waals surface area contributed by atoms with Gasteiger partial charge in [0, 0.05) is 24.9 Å². The van der Waals surface area contributed by atoms with E-state index in [4.69, 9.17) is 5.73 Å². The maximum absolute atomic E-state index is 10.1. The fraction of sp³-hybridized carbons (Fsp3) is 0.458. The summed E-state index contributed by atoms with van der Waals surface area (Å²) in [6.07, 6.45) is 2.04. The quantitative estimate of drug-likeness (QED) is 0.836. The van der Waals surface area contributed by atoms with Crippen LogP contribution < -0.4 is 5.73 Å². The standard InChI is InChI=1S/C24H27N5/c1-5-29-11-10-18-19(12-25)22(28)24(14-26,15-27)21(20(18)13-29)16-6-8-17(9-7-16)23(2,3)4/h6-10,20-21H,5,11,13,28H2,1-4H3/t20-,21+/m0/s1. The van der Waals surface area contributed by atoms with Crippen molar-refractivity contribution in [1.29, 1.82) is 15.8 Å². The van der Waals surface area contributed by atoms with Gasteiger partial charge in [0.05, 0.1) is 23.4 Å². The van der Waals surface area contributed by atoms with E-state index in [9.17, 15) is 15.8 Å². The lowest BCUT2D eigenvalue weighted by Gasteiger charge is -2.45. The third kappa shape index (κ3) is 3.21. The first-order chi connectivity index (χ1) is 13.7. The number of hydrogen-bond acceptors (Lipinski definition) is 5. The van der Waals surface area contributed by atoms with Gasteiger partial charge in [-0.1, -0.05) is 58.0 Å². The maximum atomic E-state index is 10.1. The molecule has 5 heteroatoms. The van der Waals surface area contributed by atoms with Crippen LogP contribution >= 0.6 is 0 Å². The van der Waals surface area contributed by atoms with Gasteiger partial charge in [-0.2, -0.15) is 15.8 Å².